The molecular formula is C14H25N3O5S. The minimum absolute atomic E-state index is 0.0228. The Bertz CT molecular complexity index is 565. The molecule has 8 nitrogen and oxygen atoms in total. The van der Waals surface area contributed by atoms with E-state index in [1.165, 1.54) is 0 Å². The number of nitrogens with one attached hydrogen (secondary N) is 1. The SMILES string of the molecule is CCS(=O)(=O)C[C@@H]1C[C@H](NC(=O)O)CC[C@@H]1N1CC[C@H](N)C1=O. The van der Waals surface area contributed by atoms with E-state index in [0.29, 0.717) is 32.2 Å². The van der Waals surface area contributed by atoms with E-state index in [1.807, 2.05) is 0 Å². The lowest BCUT2D eigenvalue weighted by Crippen LogP contribution is -2.52. The van der Waals surface area contributed by atoms with Gasteiger partial charge in [-0.1, -0.05) is 6.92 Å². The number of nitrogens with zero attached hydrogens (tertiary/aromatic N) is 1. The molecule has 0 radical (unpaired) electrons. The van der Waals surface area contributed by atoms with Gasteiger partial charge in [-0.15, -0.1) is 0 Å². The summed E-state index contributed by atoms with van der Waals surface area (Å²) in [5.74, 6) is -0.371. The van der Waals surface area contributed by atoms with E-state index in [1.54, 1.807) is 11.8 Å². The predicted octanol–water partition coefficient (Wildman–Crippen LogP) is -0.214. The average Bonchev–Trinajstić information content (AvgIpc) is 2.79. The Kier molecular flexibility index (Phi) is 5.51. The molecule has 2 rings (SSSR count). The Morgan fingerprint density at radius 1 is 1.39 bits per heavy atom. The van der Waals surface area contributed by atoms with Crippen molar-refractivity contribution in [2.75, 3.05) is 18.1 Å². The molecular weight excluding hydrogens is 322 g/mol. The van der Waals surface area contributed by atoms with E-state index in [2.05, 4.69) is 5.32 Å². The Labute approximate surface area is 136 Å². The molecule has 4 atom stereocenters. The van der Waals surface area contributed by atoms with Crippen LogP contribution >= 0.6 is 0 Å². The van der Waals surface area contributed by atoms with Crippen LogP contribution in [0.25, 0.3) is 0 Å². The number of hydrogen-bond acceptors (Lipinski definition) is 5. The molecule has 1 saturated heterocycles. The van der Waals surface area contributed by atoms with Crippen molar-refractivity contribution in [1.29, 1.82) is 0 Å². The molecule has 0 aromatic rings. The van der Waals surface area contributed by atoms with Crippen LogP contribution in [0, 0.1) is 5.92 Å². The number of carboxylic acid groups (broad SMARTS) is 1. The van der Waals surface area contributed by atoms with Crippen LogP contribution < -0.4 is 11.1 Å². The topological polar surface area (TPSA) is 130 Å². The maximum absolute atomic E-state index is 12.2. The summed E-state index contributed by atoms with van der Waals surface area (Å²) < 4.78 is 24.1. The number of carbonyl (C=O) groups excluding carboxylic acids is 1. The standard InChI is InChI=1S/C14H25N3O5S/c1-2-23(21,22)8-9-7-10(16-14(19)20)3-4-12(9)17-6-5-11(15)13(17)18/h9-12,16H,2-8,15H2,1H3,(H,19,20)/t9-,10+,11-,12-/m0/s1. The van der Waals surface area contributed by atoms with Gasteiger partial charge in [0.25, 0.3) is 0 Å². The summed E-state index contributed by atoms with van der Waals surface area (Å²) in [6.45, 7) is 2.14. The number of amides is 2. The molecule has 0 aromatic carbocycles. The molecule has 0 spiro atoms. The van der Waals surface area contributed by atoms with Gasteiger partial charge < -0.3 is 21.1 Å². The third-order valence-electron chi connectivity index (χ3n) is 4.86. The first-order valence-corrected chi connectivity index (χ1v) is 9.81. The van der Waals surface area contributed by atoms with E-state index >= 15 is 0 Å². The summed E-state index contributed by atoms with van der Waals surface area (Å²) in [5, 5.41) is 11.3. The highest BCUT2D eigenvalue weighted by atomic mass is 32.2. The fourth-order valence-electron chi connectivity index (χ4n) is 3.64. The fourth-order valence-corrected chi connectivity index (χ4v) is 4.89. The smallest absolute Gasteiger partial charge is 0.404 e. The van der Waals surface area contributed by atoms with Gasteiger partial charge in [0.05, 0.1) is 11.8 Å². The van der Waals surface area contributed by atoms with Gasteiger partial charge in [0.1, 0.15) is 9.84 Å². The maximum Gasteiger partial charge on any atom is 0.404 e. The van der Waals surface area contributed by atoms with Gasteiger partial charge in [0.2, 0.25) is 5.91 Å². The molecule has 2 aliphatic rings. The highest BCUT2D eigenvalue weighted by molar-refractivity contribution is 7.91. The van der Waals surface area contributed by atoms with E-state index in [9.17, 15) is 18.0 Å². The monoisotopic (exact) mass is 347 g/mol. The molecule has 1 heterocycles. The summed E-state index contributed by atoms with van der Waals surface area (Å²) >= 11 is 0. The van der Waals surface area contributed by atoms with Crippen molar-refractivity contribution in [3.63, 3.8) is 0 Å². The van der Waals surface area contributed by atoms with E-state index in [4.69, 9.17) is 10.8 Å². The Hall–Kier alpha value is -1.35. The van der Waals surface area contributed by atoms with Gasteiger partial charge in [-0.2, -0.15) is 0 Å². The molecule has 0 unspecified atom stereocenters. The lowest BCUT2D eigenvalue weighted by atomic mass is 9.81. The molecule has 0 aromatic heterocycles. The predicted molar refractivity (Wildman–Crippen MR) is 84.7 cm³/mol. The molecule has 23 heavy (non-hydrogen) atoms. The van der Waals surface area contributed by atoms with Crippen LogP contribution in [0.15, 0.2) is 0 Å². The van der Waals surface area contributed by atoms with Crippen LogP contribution in [-0.2, 0) is 14.6 Å². The number of likely N-dealkylation sites (tertiary alicyclic amines) is 1. The zero-order chi connectivity index (χ0) is 17.2. The number of carbonyl (C=O) groups is 2. The van der Waals surface area contributed by atoms with Crippen LogP contribution in [-0.4, -0.2) is 66.6 Å². The molecule has 2 amide bonds. The largest absolute Gasteiger partial charge is 0.465 e. The van der Waals surface area contributed by atoms with Crippen molar-refractivity contribution >= 4 is 21.8 Å². The molecule has 1 aliphatic carbocycles. The minimum atomic E-state index is -3.21. The zero-order valence-corrected chi connectivity index (χ0v) is 14.1. The van der Waals surface area contributed by atoms with Gasteiger partial charge in [0.15, 0.2) is 0 Å². The Balaban J connectivity index is 2.15. The van der Waals surface area contributed by atoms with Crippen LogP contribution in [0.2, 0.25) is 0 Å². The molecule has 1 aliphatic heterocycles. The van der Waals surface area contributed by atoms with Gasteiger partial charge >= 0.3 is 6.09 Å². The highest BCUT2D eigenvalue weighted by Gasteiger charge is 2.42. The Morgan fingerprint density at radius 3 is 2.61 bits per heavy atom. The zero-order valence-electron chi connectivity index (χ0n) is 13.3. The first kappa shape index (κ1) is 18.0. The van der Waals surface area contributed by atoms with Crippen molar-refractivity contribution in [1.82, 2.24) is 10.2 Å². The summed E-state index contributed by atoms with van der Waals surface area (Å²) in [7, 11) is -3.21. The van der Waals surface area contributed by atoms with Gasteiger partial charge in [-0.3, -0.25) is 4.79 Å². The minimum Gasteiger partial charge on any atom is -0.465 e. The van der Waals surface area contributed by atoms with Crippen molar-refractivity contribution < 1.29 is 23.1 Å². The average molecular weight is 347 g/mol. The number of nitrogens with two attached hydrogens (primary N) is 1. The molecule has 132 valence electrons. The number of hydrogen-bond donors (Lipinski definition) is 3. The number of sulfone groups is 1. The van der Waals surface area contributed by atoms with Gasteiger partial charge in [-0.25, -0.2) is 13.2 Å². The second-order valence-corrected chi connectivity index (χ2v) is 8.81. The van der Waals surface area contributed by atoms with Gasteiger partial charge in [0, 0.05) is 24.4 Å². The van der Waals surface area contributed by atoms with Crippen LogP contribution in [0.1, 0.15) is 32.6 Å². The van der Waals surface area contributed by atoms with Crippen LogP contribution in [0.4, 0.5) is 4.79 Å². The van der Waals surface area contributed by atoms with E-state index < -0.39 is 22.0 Å². The fraction of sp³-hybridized carbons (Fsp3) is 0.857. The normalized spacial score (nSPS) is 32.1. The van der Waals surface area contributed by atoms with Crippen LogP contribution in [0.5, 0.6) is 0 Å². The van der Waals surface area contributed by atoms with Crippen molar-refractivity contribution in [3.8, 4) is 0 Å². The summed E-state index contributed by atoms with van der Waals surface area (Å²) in [6.07, 6.45) is 1.09. The maximum atomic E-state index is 12.2. The van der Waals surface area contributed by atoms with Gasteiger partial charge in [-0.05, 0) is 31.6 Å². The summed E-state index contributed by atoms with van der Waals surface area (Å²) in [6, 6.07) is -0.954. The summed E-state index contributed by atoms with van der Waals surface area (Å²) in [4.78, 5) is 24.7. The summed E-state index contributed by atoms with van der Waals surface area (Å²) in [5.41, 5.74) is 5.77. The van der Waals surface area contributed by atoms with E-state index in [-0.39, 0.29) is 35.4 Å². The second-order valence-electron chi connectivity index (χ2n) is 6.41. The third kappa shape index (κ3) is 4.35. The van der Waals surface area contributed by atoms with Crippen molar-refractivity contribution in [2.45, 2.75) is 50.7 Å². The Morgan fingerprint density at radius 2 is 2.09 bits per heavy atom. The van der Waals surface area contributed by atoms with Crippen LogP contribution in [0.3, 0.4) is 0 Å². The van der Waals surface area contributed by atoms with Crippen molar-refractivity contribution in [2.24, 2.45) is 11.7 Å². The molecule has 4 N–H and O–H groups in total. The lowest BCUT2D eigenvalue weighted by molar-refractivity contribution is -0.132. The first-order valence-electron chi connectivity index (χ1n) is 7.99. The van der Waals surface area contributed by atoms with Crippen molar-refractivity contribution in [3.05, 3.63) is 0 Å². The third-order valence-corrected chi connectivity index (χ3v) is 6.68. The second kappa shape index (κ2) is 7.04. The highest BCUT2D eigenvalue weighted by Crippen LogP contribution is 2.32. The molecule has 9 heteroatoms. The lowest BCUT2D eigenvalue weighted by Gasteiger charge is -2.40. The first-order chi connectivity index (χ1) is 10.7. The number of rotatable bonds is 5. The molecule has 2 fully saturated rings. The van der Waals surface area contributed by atoms with E-state index in [0.717, 1.165) is 0 Å². The quantitative estimate of drug-likeness (QED) is 0.631. The molecule has 0 bridgehead atoms. The molecule has 1 saturated carbocycles.